The van der Waals surface area contributed by atoms with E-state index in [1.54, 1.807) is 0 Å². The van der Waals surface area contributed by atoms with Gasteiger partial charge in [-0.1, -0.05) is 0 Å². The monoisotopic (exact) mass is 263 g/mol. The Morgan fingerprint density at radius 1 is 1.35 bits per heavy atom. The number of carboxylic acid groups (broad SMARTS) is 1. The van der Waals surface area contributed by atoms with E-state index < -0.39 is 21.3 Å². The topological polar surface area (TPSA) is 83.9 Å². The van der Waals surface area contributed by atoms with Crippen molar-refractivity contribution in [2.24, 2.45) is 0 Å². The Hall–Kier alpha value is -0.660. The molecule has 2 heterocycles. The Morgan fingerprint density at radius 2 is 2.00 bits per heavy atom. The Morgan fingerprint density at radius 3 is 2.47 bits per heavy atom. The largest absolute Gasteiger partial charge is 0.481 e. The average molecular weight is 263 g/mol. The summed E-state index contributed by atoms with van der Waals surface area (Å²) in [6.07, 6.45) is 0.313. The predicted octanol–water partition coefficient (Wildman–Crippen LogP) is -0.649. The van der Waals surface area contributed by atoms with Crippen LogP contribution in [0.25, 0.3) is 0 Å². The molecule has 2 fully saturated rings. The molecule has 2 aliphatic rings. The molecule has 2 aliphatic heterocycles. The fourth-order valence-electron chi connectivity index (χ4n) is 2.72. The second kappa shape index (κ2) is 4.55. The van der Waals surface area contributed by atoms with E-state index >= 15 is 0 Å². The lowest BCUT2D eigenvalue weighted by atomic mass is 9.92. The first-order chi connectivity index (χ1) is 7.94. The van der Waals surface area contributed by atoms with Gasteiger partial charge in [-0.3, -0.25) is 9.69 Å². The second-order valence-electron chi connectivity index (χ2n) is 4.74. The van der Waals surface area contributed by atoms with E-state index in [0.717, 1.165) is 0 Å². The number of carbonyl (C=O) groups is 1. The third kappa shape index (κ3) is 2.78. The minimum atomic E-state index is -3.09. The zero-order valence-electron chi connectivity index (χ0n) is 9.59. The van der Waals surface area contributed by atoms with Gasteiger partial charge in [-0.05, 0) is 6.42 Å². The van der Waals surface area contributed by atoms with Crippen LogP contribution >= 0.6 is 0 Å². The summed E-state index contributed by atoms with van der Waals surface area (Å²) in [6.45, 7) is 2.31. The van der Waals surface area contributed by atoms with Crippen molar-refractivity contribution in [1.82, 2.24) is 4.90 Å². The molecule has 0 spiro atoms. The molecule has 1 N–H and O–H groups in total. The number of hydrogen-bond donors (Lipinski definition) is 1. The summed E-state index contributed by atoms with van der Waals surface area (Å²) in [5.74, 6) is -0.877. The molecule has 0 aliphatic carbocycles. The van der Waals surface area contributed by atoms with E-state index in [-0.39, 0.29) is 17.9 Å². The fourth-order valence-corrected chi connectivity index (χ4v) is 4.80. The van der Waals surface area contributed by atoms with Crippen molar-refractivity contribution in [3.8, 4) is 0 Å². The highest BCUT2D eigenvalue weighted by Gasteiger charge is 2.48. The number of morpholine rings is 1. The van der Waals surface area contributed by atoms with Crippen LogP contribution in [-0.2, 0) is 19.4 Å². The maximum atomic E-state index is 11.6. The predicted molar refractivity (Wildman–Crippen MR) is 60.6 cm³/mol. The number of rotatable bonds is 3. The Balaban J connectivity index is 2.21. The average Bonchev–Trinajstić information content (AvgIpc) is 2.56. The van der Waals surface area contributed by atoms with Gasteiger partial charge in [0.1, 0.15) is 0 Å². The third-order valence-electron chi connectivity index (χ3n) is 3.53. The standard InChI is InChI=1S/C10H17NO5S/c12-9(13)7-10(1-6-17(14,15)8-10)11-2-4-16-5-3-11/h1-8H2,(H,12,13). The van der Waals surface area contributed by atoms with Crippen molar-refractivity contribution >= 4 is 15.8 Å². The van der Waals surface area contributed by atoms with Crippen molar-refractivity contribution in [2.45, 2.75) is 18.4 Å². The maximum Gasteiger partial charge on any atom is 0.305 e. The van der Waals surface area contributed by atoms with E-state index in [1.807, 2.05) is 4.90 Å². The van der Waals surface area contributed by atoms with E-state index in [0.29, 0.717) is 32.7 Å². The van der Waals surface area contributed by atoms with Crippen molar-refractivity contribution in [2.75, 3.05) is 37.8 Å². The zero-order valence-corrected chi connectivity index (χ0v) is 10.4. The number of nitrogens with zero attached hydrogens (tertiary/aromatic N) is 1. The highest BCUT2D eigenvalue weighted by Crippen LogP contribution is 2.33. The van der Waals surface area contributed by atoms with E-state index in [4.69, 9.17) is 9.84 Å². The van der Waals surface area contributed by atoms with Gasteiger partial charge in [0.25, 0.3) is 0 Å². The summed E-state index contributed by atoms with van der Waals surface area (Å²) in [5, 5.41) is 8.99. The molecule has 98 valence electrons. The summed E-state index contributed by atoms with van der Waals surface area (Å²) in [5.41, 5.74) is -0.714. The summed E-state index contributed by atoms with van der Waals surface area (Å²) in [4.78, 5) is 12.9. The Labute approximate surface area is 100 Å². The van der Waals surface area contributed by atoms with Crippen LogP contribution in [0, 0.1) is 0 Å². The van der Waals surface area contributed by atoms with Crippen LogP contribution in [0.15, 0.2) is 0 Å². The van der Waals surface area contributed by atoms with Gasteiger partial charge in [0.05, 0.1) is 31.1 Å². The molecule has 0 aromatic rings. The number of ether oxygens (including phenoxy) is 1. The molecular formula is C10H17NO5S. The van der Waals surface area contributed by atoms with Crippen LogP contribution in [0.4, 0.5) is 0 Å². The summed E-state index contributed by atoms with van der Waals surface area (Å²) < 4.78 is 28.5. The summed E-state index contributed by atoms with van der Waals surface area (Å²) >= 11 is 0. The van der Waals surface area contributed by atoms with E-state index in [2.05, 4.69) is 0 Å². The Bertz CT molecular complexity index is 401. The number of hydrogen-bond acceptors (Lipinski definition) is 5. The molecule has 0 saturated carbocycles. The molecule has 1 atom stereocenters. The van der Waals surface area contributed by atoms with E-state index in [1.165, 1.54) is 0 Å². The van der Waals surface area contributed by atoms with Crippen LogP contribution in [0.2, 0.25) is 0 Å². The quantitative estimate of drug-likeness (QED) is 0.728. The molecule has 0 aromatic heterocycles. The lowest BCUT2D eigenvalue weighted by molar-refractivity contribution is -0.141. The van der Waals surface area contributed by atoms with Crippen molar-refractivity contribution in [1.29, 1.82) is 0 Å². The van der Waals surface area contributed by atoms with Crippen molar-refractivity contribution in [3.63, 3.8) is 0 Å². The second-order valence-corrected chi connectivity index (χ2v) is 6.92. The van der Waals surface area contributed by atoms with Gasteiger partial charge in [0.15, 0.2) is 9.84 Å². The lowest BCUT2D eigenvalue weighted by Crippen LogP contribution is -2.55. The highest BCUT2D eigenvalue weighted by atomic mass is 32.2. The molecule has 0 radical (unpaired) electrons. The zero-order chi connectivity index (χ0) is 12.5. The third-order valence-corrected chi connectivity index (χ3v) is 5.33. The van der Waals surface area contributed by atoms with Crippen LogP contribution in [0.5, 0.6) is 0 Å². The van der Waals surface area contributed by atoms with Gasteiger partial charge in [-0.2, -0.15) is 0 Å². The molecule has 17 heavy (non-hydrogen) atoms. The maximum absolute atomic E-state index is 11.6. The molecule has 7 heteroatoms. The first-order valence-electron chi connectivity index (χ1n) is 5.69. The van der Waals surface area contributed by atoms with Gasteiger partial charge in [-0.15, -0.1) is 0 Å². The number of carboxylic acids is 1. The molecule has 2 saturated heterocycles. The summed E-state index contributed by atoms with van der Waals surface area (Å²) in [6, 6.07) is 0. The van der Waals surface area contributed by atoms with Gasteiger partial charge in [0.2, 0.25) is 0 Å². The molecule has 0 bridgehead atoms. The van der Waals surface area contributed by atoms with Gasteiger partial charge in [-0.25, -0.2) is 8.42 Å². The van der Waals surface area contributed by atoms with E-state index in [9.17, 15) is 13.2 Å². The van der Waals surface area contributed by atoms with Crippen LogP contribution in [-0.4, -0.2) is 67.7 Å². The van der Waals surface area contributed by atoms with Gasteiger partial charge < -0.3 is 9.84 Å². The molecule has 0 amide bonds. The number of aliphatic carboxylic acids is 1. The highest BCUT2D eigenvalue weighted by molar-refractivity contribution is 7.91. The SMILES string of the molecule is O=C(O)CC1(N2CCOCC2)CCS(=O)(=O)C1. The number of sulfone groups is 1. The minimum absolute atomic E-state index is 0.0354. The molecule has 2 rings (SSSR count). The molecule has 1 unspecified atom stereocenters. The normalized spacial score (nSPS) is 33.6. The fraction of sp³-hybridized carbons (Fsp3) is 0.900. The van der Waals surface area contributed by atoms with Crippen molar-refractivity contribution < 1.29 is 23.1 Å². The van der Waals surface area contributed by atoms with Gasteiger partial charge in [0, 0.05) is 18.6 Å². The molecular weight excluding hydrogens is 246 g/mol. The first kappa shape index (κ1) is 12.8. The van der Waals surface area contributed by atoms with Gasteiger partial charge >= 0.3 is 5.97 Å². The first-order valence-corrected chi connectivity index (χ1v) is 7.51. The van der Waals surface area contributed by atoms with Crippen LogP contribution in [0.3, 0.4) is 0 Å². The molecule has 6 nitrogen and oxygen atoms in total. The smallest absolute Gasteiger partial charge is 0.305 e. The lowest BCUT2D eigenvalue weighted by Gasteiger charge is -2.41. The van der Waals surface area contributed by atoms with Crippen LogP contribution in [0.1, 0.15) is 12.8 Å². The Kier molecular flexibility index (Phi) is 3.42. The minimum Gasteiger partial charge on any atom is -0.481 e. The van der Waals surface area contributed by atoms with Crippen LogP contribution < -0.4 is 0 Å². The van der Waals surface area contributed by atoms with Crippen molar-refractivity contribution in [3.05, 3.63) is 0 Å². The summed E-state index contributed by atoms with van der Waals surface area (Å²) in [7, 11) is -3.09. The molecule has 0 aromatic carbocycles.